The van der Waals surface area contributed by atoms with Crippen molar-refractivity contribution in [2.75, 3.05) is 0 Å². The highest BCUT2D eigenvalue weighted by molar-refractivity contribution is 6.74. The van der Waals surface area contributed by atoms with Crippen LogP contribution in [0.25, 0.3) is 22.3 Å². The van der Waals surface area contributed by atoms with Gasteiger partial charge in [-0.2, -0.15) is 0 Å². The van der Waals surface area contributed by atoms with Gasteiger partial charge in [0.2, 0.25) is 0 Å². The predicted molar refractivity (Wildman–Crippen MR) is 104 cm³/mol. The van der Waals surface area contributed by atoms with Gasteiger partial charge >= 0.3 is 0 Å². The third kappa shape index (κ3) is 3.19. The number of fused-ring (bicyclic) bond motifs is 1. The average molecular weight is 339 g/mol. The molecular weight excluding hydrogens is 312 g/mol. The number of furan rings is 1. The fourth-order valence-electron chi connectivity index (χ4n) is 2.53. The molecule has 3 heteroatoms. The zero-order valence-electron chi connectivity index (χ0n) is 15.2. The van der Waals surface area contributed by atoms with E-state index < -0.39 is 8.32 Å². The summed E-state index contributed by atoms with van der Waals surface area (Å²) in [6.07, 6.45) is 0. The molecule has 0 atom stereocenters. The summed E-state index contributed by atoms with van der Waals surface area (Å²) < 4.78 is 12.7. The normalized spacial score (nSPS) is 12.7. The second-order valence-electron chi connectivity index (χ2n) is 7.82. The highest BCUT2D eigenvalue weighted by atomic mass is 28.4. The topological polar surface area (TPSA) is 22.4 Å². The average Bonchev–Trinajstić information content (AvgIpc) is 2.91. The van der Waals surface area contributed by atoms with Gasteiger partial charge in [-0.25, -0.2) is 0 Å². The summed E-state index contributed by atoms with van der Waals surface area (Å²) in [5.74, 6) is 0.926. The van der Waals surface area contributed by atoms with E-state index in [-0.39, 0.29) is 5.04 Å². The summed E-state index contributed by atoms with van der Waals surface area (Å²) in [6.45, 7) is 12.0. The van der Waals surface area contributed by atoms with Crippen molar-refractivity contribution in [1.82, 2.24) is 0 Å². The molecule has 1 heterocycles. The Labute approximate surface area is 145 Å². The molecule has 0 N–H and O–H groups in total. The lowest BCUT2D eigenvalue weighted by molar-refractivity contribution is 0.277. The summed E-state index contributed by atoms with van der Waals surface area (Å²) in [5.41, 5.74) is 3.18. The molecule has 2 nitrogen and oxygen atoms in total. The molecule has 2 aromatic carbocycles. The molecule has 0 aliphatic rings. The first-order chi connectivity index (χ1) is 11.3. The van der Waals surface area contributed by atoms with E-state index in [1.54, 1.807) is 0 Å². The lowest BCUT2D eigenvalue weighted by atomic mass is 10.1. The third-order valence-electron chi connectivity index (χ3n) is 5.12. The Bertz CT molecular complexity index is 826. The number of hydrogen-bond donors (Lipinski definition) is 0. The lowest BCUT2D eigenvalue weighted by Gasteiger charge is -2.36. The van der Waals surface area contributed by atoms with E-state index in [9.17, 15) is 0 Å². The van der Waals surface area contributed by atoms with Gasteiger partial charge in [-0.05, 0) is 24.2 Å². The van der Waals surface area contributed by atoms with Crippen LogP contribution in [0.15, 0.2) is 59.0 Å². The van der Waals surface area contributed by atoms with Crippen LogP contribution in [0.3, 0.4) is 0 Å². The van der Waals surface area contributed by atoms with Gasteiger partial charge in [0.15, 0.2) is 8.32 Å². The molecule has 0 saturated heterocycles. The maximum atomic E-state index is 6.49. The Kier molecular flexibility index (Phi) is 4.41. The standard InChI is InChI=1S/C21H26O2Si/c1-21(2,3)24(4,5)22-15-18-17-13-9-10-14-19(17)23-20(18)16-11-7-6-8-12-16/h6-14H,15H2,1-5H3. The van der Waals surface area contributed by atoms with Gasteiger partial charge in [-0.3, -0.25) is 0 Å². The second-order valence-corrected chi connectivity index (χ2v) is 12.6. The minimum Gasteiger partial charge on any atom is -0.456 e. The zero-order chi connectivity index (χ0) is 17.4. The summed E-state index contributed by atoms with van der Waals surface area (Å²) in [5, 5.41) is 1.34. The van der Waals surface area contributed by atoms with Crippen LogP contribution in [0.2, 0.25) is 18.1 Å². The summed E-state index contributed by atoms with van der Waals surface area (Å²) in [4.78, 5) is 0. The molecule has 0 radical (unpaired) electrons. The van der Waals surface area contributed by atoms with Gasteiger partial charge in [0.1, 0.15) is 11.3 Å². The molecule has 0 fully saturated rings. The molecular formula is C21H26O2Si. The summed E-state index contributed by atoms with van der Waals surface area (Å²) in [7, 11) is -1.81. The molecule has 0 bridgehead atoms. The van der Waals surface area contributed by atoms with E-state index in [0.29, 0.717) is 6.61 Å². The Morgan fingerprint density at radius 1 is 0.917 bits per heavy atom. The molecule has 0 spiro atoms. The van der Waals surface area contributed by atoms with Crippen LogP contribution in [0.1, 0.15) is 26.3 Å². The summed E-state index contributed by atoms with van der Waals surface area (Å²) in [6, 6.07) is 18.5. The first kappa shape index (κ1) is 17.0. The fraction of sp³-hybridized carbons (Fsp3) is 0.333. The zero-order valence-corrected chi connectivity index (χ0v) is 16.2. The Hall–Kier alpha value is -1.84. The SMILES string of the molecule is CC(C)(C)[Si](C)(C)OCc1c(-c2ccccc2)oc2ccccc12. The molecule has 0 saturated carbocycles. The van der Waals surface area contributed by atoms with Gasteiger partial charge in [-0.1, -0.05) is 69.3 Å². The van der Waals surface area contributed by atoms with Crippen LogP contribution < -0.4 is 0 Å². The Morgan fingerprint density at radius 2 is 1.54 bits per heavy atom. The van der Waals surface area contributed by atoms with Crippen LogP contribution >= 0.6 is 0 Å². The lowest BCUT2D eigenvalue weighted by Crippen LogP contribution is -2.40. The van der Waals surface area contributed by atoms with Crippen molar-refractivity contribution in [1.29, 1.82) is 0 Å². The van der Waals surface area contributed by atoms with Gasteiger partial charge in [0.25, 0.3) is 0 Å². The minimum atomic E-state index is -1.81. The molecule has 1 aromatic heterocycles. The van der Waals surface area contributed by atoms with Crippen molar-refractivity contribution in [2.24, 2.45) is 0 Å². The minimum absolute atomic E-state index is 0.194. The number of rotatable bonds is 4. The largest absolute Gasteiger partial charge is 0.456 e. The van der Waals surface area contributed by atoms with E-state index in [4.69, 9.17) is 8.84 Å². The van der Waals surface area contributed by atoms with Crippen molar-refractivity contribution in [3.8, 4) is 11.3 Å². The third-order valence-corrected chi connectivity index (χ3v) is 9.60. The maximum Gasteiger partial charge on any atom is 0.192 e. The van der Waals surface area contributed by atoms with Crippen LogP contribution in [0, 0.1) is 0 Å². The van der Waals surface area contributed by atoms with Crippen molar-refractivity contribution in [3.05, 3.63) is 60.2 Å². The van der Waals surface area contributed by atoms with Crippen molar-refractivity contribution in [2.45, 2.75) is 45.5 Å². The molecule has 0 aliphatic heterocycles. The van der Waals surface area contributed by atoms with E-state index in [1.165, 1.54) is 0 Å². The highest BCUT2D eigenvalue weighted by Gasteiger charge is 2.37. The molecule has 0 amide bonds. The molecule has 126 valence electrons. The molecule has 3 aromatic rings. The van der Waals surface area contributed by atoms with E-state index >= 15 is 0 Å². The molecule has 0 aliphatic carbocycles. The van der Waals surface area contributed by atoms with E-state index in [2.05, 4.69) is 58.1 Å². The smallest absolute Gasteiger partial charge is 0.192 e. The van der Waals surface area contributed by atoms with Crippen LogP contribution in [-0.2, 0) is 11.0 Å². The van der Waals surface area contributed by atoms with Crippen molar-refractivity contribution < 1.29 is 8.84 Å². The van der Waals surface area contributed by atoms with Gasteiger partial charge in [0, 0.05) is 16.5 Å². The Morgan fingerprint density at radius 3 is 2.21 bits per heavy atom. The van der Waals surface area contributed by atoms with Crippen LogP contribution in [-0.4, -0.2) is 8.32 Å². The van der Waals surface area contributed by atoms with Gasteiger partial charge in [-0.15, -0.1) is 0 Å². The van der Waals surface area contributed by atoms with E-state index in [1.807, 2.05) is 30.3 Å². The number of hydrogen-bond acceptors (Lipinski definition) is 2. The fourth-order valence-corrected chi connectivity index (χ4v) is 3.47. The van der Waals surface area contributed by atoms with Crippen molar-refractivity contribution >= 4 is 19.3 Å². The van der Waals surface area contributed by atoms with Gasteiger partial charge < -0.3 is 8.84 Å². The predicted octanol–water partition coefficient (Wildman–Crippen LogP) is 6.62. The maximum absolute atomic E-state index is 6.49. The van der Waals surface area contributed by atoms with E-state index in [0.717, 1.165) is 27.9 Å². The monoisotopic (exact) mass is 338 g/mol. The number of benzene rings is 2. The summed E-state index contributed by atoms with van der Waals surface area (Å²) >= 11 is 0. The quantitative estimate of drug-likeness (QED) is 0.499. The number of para-hydroxylation sites is 1. The van der Waals surface area contributed by atoms with Crippen molar-refractivity contribution in [3.63, 3.8) is 0 Å². The first-order valence-electron chi connectivity index (χ1n) is 8.49. The first-order valence-corrected chi connectivity index (χ1v) is 11.4. The Balaban J connectivity index is 2.03. The molecule has 3 rings (SSSR count). The van der Waals surface area contributed by atoms with Crippen LogP contribution in [0.4, 0.5) is 0 Å². The molecule has 0 unspecified atom stereocenters. The van der Waals surface area contributed by atoms with Gasteiger partial charge in [0.05, 0.1) is 6.61 Å². The second kappa shape index (κ2) is 6.23. The molecule has 24 heavy (non-hydrogen) atoms. The van der Waals surface area contributed by atoms with Crippen LogP contribution in [0.5, 0.6) is 0 Å². The highest BCUT2D eigenvalue weighted by Crippen LogP contribution is 2.39.